The minimum absolute atomic E-state index is 1.19. The van der Waals surface area contributed by atoms with E-state index in [1.54, 1.807) is 0 Å². The lowest BCUT2D eigenvalue weighted by molar-refractivity contribution is 0.667. The van der Waals surface area contributed by atoms with Crippen molar-refractivity contribution in [2.75, 3.05) is 0 Å². The van der Waals surface area contributed by atoms with Crippen LogP contribution in [-0.2, 0) is 12.8 Å². The van der Waals surface area contributed by atoms with E-state index in [1.165, 1.54) is 118 Å². The van der Waals surface area contributed by atoms with Crippen LogP contribution in [0.4, 0.5) is 0 Å². The second kappa shape index (κ2) is 10.6. The first kappa shape index (κ1) is 22.9. The fourth-order valence-corrected chi connectivity index (χ4v) is 5.42. The van der Waals surface area contributed by atoms with E-state index in [9.17, 15) is 0 Å². The van der Waals surface area contributed by atoms with Gasteiger partial charge in [0.15, 0.2) is 0 Å². The molecule has 34 heavy (non-hydrogen) atoms. The second-order valence-corrected chi connectivity index (χ2v) is 10.2. The zero-order chi connectivity index (χ0) is 23.3. The van der Waals surface area contributed by atoms with Gasteiger partial charge in [-0.05, 0) is 116 Å². The van der Waals surface area contributed by atoms with Gasteiger partial charge in [-0.15, -0.1) is 0 Å². The molecule has 0 bridgehead atoms. The van der Waals surface area contributed by atoms with Crippen molar-refractivity contribution >= 4 is 43.1 Å². The SMILES string of the molecule is CCCCCCc1ccc2cc3cc4cc5ccc(CCCCCC)cc5cc4cc3cc2c1. The van der Waals surface area contributed by atoms with E-state index in [0.29, 0.717) is 0 Å². The predicted molar refractivity (Wildman–Crippen MR) is 152 cm³/mol. The Kier molecular flexibility index (Phi) is 7.14. The summed E-state index contributed by atoms with van der Waals surface area (Å²) in [4.78, 5) is 0. The Hall–Kier alpha value is -2.86. The number of hydrogen-bond acceptors (Lipinski definition) is 0. The minimum atomic E-state index is 1.19. The Labute approximate surface area is 205 Å². The normalized spacial score (nSPS) is 11.8. The highest BCUT2D eigenvalue weighted by atomic mass is 14.1. The lowest BCUT2D eigenvalue weighted by Crippen LogP contribution is -1.87. The standard InChI is InChI=1S/C34H38/c1-3-5-7-9-11-25-13-15-27-19-31-23-32-20-28-16-14-26(12-10-8-6-4-2)18-30(28)22-34(32)24-33(31)21-29(27)17-25/h13-24H,3-12H2,1-2H3. The Bertz CT molecular complexity index is 1320. The molecule has 0 nitrogen and oxygen atoms in total. The van der Waals surface area contributed by atoms with Gasteiger partial charge in [0.1, 0.15) is 0 Å². The molecule has 5 rings (SSSR count). The van der Waals surface area contributed by atoms with Gasteiger partial charge in [-0.3, -0.25) is 0 Å². The third-order valence-electron chi connectivity index (χ3n) is 7.47. The molecular formula is C34H38. The van der Waals surface area contributed by atoms with Gasteiger partial charge in [0.2, 0.25) is 0 Å². The molecule has 0 amide bonds. The number of unbranched alkanes of at least 4 members (excludes halogenated alkanes) is 6. The first-order chi connectivity index (χ1) is 16.7. The van der Waals surface area contributed by atoms with Crippen molar-refractivity contribution in [2.45, 2.75) is 78.1 Å². The zero-order valence-electron chi connectivity index (χ0n) is 21.0. The molecule has 0 heteroatoms. The van der Waals surface area contributed by atoms with E-state index in [1.807, 2.05) is 0 Å². The van der Waals surface area contributed by atoms with Crippen molar-refractivity contribution in [1.29, 1.82) is 0 Å². The number of fused-ring (bicyclic) bond motifs is 4. The maximum Gasteiger partial charge on any atom is -0.0171 e. The number of aryl methyl sites for hydroxylation is 2. The Morgan fingerprint density at radius 3 is 1.09 bits per heavy atom. The van der Waals surface area contributed by atoms with E-state index in [-0.39, 0.29) is 0 Å². The Morgan fingerprint density at radius 1 is 0.353 bits per heavy atom. The van der Waals surface area contributed by atoms with Crippen molar-refractivity contribution in [3.8, 4) is 0 Å². The van der Waals surface area contributed by atoms with E-state index >= 15 is 0 Å². The smallest absolute Gasteiger partial charge is 0.0171 e. The van der Waals surface area contributed by atoms with Crippen molar-refractivity contribution in [1.82, 2.24) is 0 Å². The van der Waals surface area contributed by atoms with Crippen LogP contribution in [0.5, 0.6) is 0 Å². The molecule has 174 valence electrons. The van der Waals surface area contributed by atoms with Gasteiger partial charge in [-0.25, -0.2) is 0 Å². The molecule has 0 aliphatic rings. The van der Waals surface area contributed by atoms with Gasteiger partial charge in [-0.2, -0.15) is 0 Å². The van der Waals surface area contributed by atoms with Crippen LogP contribution in [0.15, 0.2) is 72.8 Å². The molecular weight excluding hydrogens is 408 g/mol. The zero-order valence-corrected chi connectivity index (χ0v) is 21.0. The molecule has 0 aromatic heterocycles. The molecule has 5 aromatic carbocycles. The summed E-state index contributed by atoms with van der Waals surface area (Å²) in [5.74, 6) is 0. The van der Waals surface area contributed by atoms with Gasteiger partial charge in [0, 0.05) is 0 Å². The summed E-state index contributed by atoms with van der Waals surface area (Å²) in [5, 5.41) is 10.8. The molecule has 0 heterocycles. The highest BCUT2D eigenvalue weighted by molar-refractivity contribution is 6.08. The van der Waals surface area contributed by atoms with Crippen LogP contribution in [0.2, 0.25) is 0 Å². The summed E-state index contributed by atoms with van der Waals surface area (Å²) in [5.41, 5.74) is 2.95. The topological polar surface area (TPSA) is 0 Å². The summed E-state index contributed by atoms with van der Waals surface area (Å²) in [6, 6.07) is 28.4. The Balaban J connectivity index is 1.47. The lowest BCUT2D eigenvalue weighted by Gasteiger charge is -2.09. The lowest BCUT2D eigenvalue weighted by atomic mass is 9.95. The van der Waals surface area contributed by atoms with Gasteiger partial charge < -0.3 is 0 Å². The number of benzene rings is 5. The van der Waals surface area contributed by atoms with Crippen molar-refractivity contribution in [2.24, 2.45) is 0 Å². The molecule has 0 N–H and O–H groups in total. The molecule has 0 aliphatic heterocycles. The molecule has 0 atom stereocenters. The molecule has 5 aromatic rings. The molecule has 0 fully saturated rings. The van der Waals surface area contributed by atoms with Crippen LogP contribution in [0.3, 0.4) is 0 Å². The average Bonchev–Trinajstić information content (AvgIpc) is 2.85. The minimum Gasteiger partial charge on any atom is -0.0654 e. The van der Waals surface area contributed by atoms with Crippen molar-refractivity contribution in [3.63, 3.8) is 0 Å². The van der Waals surface area contributed by atoms with Crippen molar-refractivity contribution < 1.29 is 0 Å². The van der Waals surface area contributed by atoms with Gasteiger partial charge in [-0.1, -0.05) is 88.8 Å². The fraction of sp³-hybridized carbons (Fsp3) is 0.353. The largest absolute Gasteiger partial charge is 0.0654 e. The highest BCUT2D eigenvalue weighted by Gasteiger charge is 2.05. The third kappa shape index (κ3) is 5.12. The fourth-order valence-electron chi connectivity index (χ4n) is 5.42. The predicted octanol–water partition coefficient (Wildman–Crippen LogP) is 10.5. The molecule has 0 radical (unpaired) electrons. The van der Waals surface area contributed by atoms with E-state index in [4.69, 9.17) is 0 Å². The van der Waals surface area contributed by atoms with Crippen LogP contribution in [0, 0.1) is 0 Å². The molecule has 0 saturated heterocycles. The molecule has 0 spiro atoms. The van der Waals surface area contributed by atoms with Crippen LogP contribution in [0.25, 0.3) is 43.1 Å². The summed E-state index contributed by atoms with van der Waals surface area (Å²) >= 11 is 0. The maximum atomic E-state index is 2.41. The van der Waals surface area contributed by atoms with E-state index in [0.717, 1.165) is 0 Å². The quantitative estimate of drug-likeness (QED) is 0.148. The highest BCUT2D eigenvalue weighted by Crippen LogP contribution is 2.31. The maximum absolute atomic E-state index is 2.41. The summed E-state index contributed by atoms with van der Waals surface area (Å²) in [6.45, 7) is 4.56. The van der Waals surface area contributed by atoms with Crippen molar-refractivity contribution in [3.05, 3.63) is 83.9 Å². The summed E-state index contributed by atoms with van der Waals surface area (Å²) in [7, 11) is 0. The van der Waals surface area contributed by atoms with Gasteiger partial charge in [0.05, 0.1) is 0 Å². The molecule has 0 saturated carbocycles. The molecule has 0 aliphatic carbocycles. The second-order valence-electron chi connectivity index (χ2n) is 10.2. The monoisotopic (exact) mass is 446 g/mol. The Morgan fingerprint density at radius 2 is 0.706 bits per heavy atom. The van der Waals surface area contributed by atoms with Crippen LogP contribution >= 0.6 is 0 Å². The van der Waals surface area contributed by atoms with E-state index < -0.39 is 0 Å². The summed E-state index contributed by atoms with van der Waals surface area (Å²) < 4.78 is 0. The number of rotatable bonds is 10. The van der Waals surface area contributed by atoms with Gasteiger partial charge in [0.25, 0.3) is 0 Å². The first-order valence-electron chi connectivity index (χ1n) is 13.6. The molecule has 0 unspecified atom stereocenters. The average molecular weight is 447 g/mol. The van der Waals surface area contributed by atoms with Crippen LogP contribution in [0.1, 0.15) is 76.3 Å². The van der Waals surface area contributed by atoms with Crippen LogP contribution in [-0.4, -0.2) is 0 Å². The first-order valence-corrected chi connectivity index (χ1v) is 13.6. The number of hydrogen-bond donors (Lipinski definition) is 0. The third-order valence-corrected chi connectivity index (χ3v) is 7.47. The van der Waals surface area contributed by atoms with E-state index in [2.05, 4.69) is 86.6 Å². The van der Waals surface area contributed by atoms with Crippen LogP contribution < -0.4 is 0 Å². The summed E-state index contributed by atoms with van der Waals surface area (Å²) in [6.07, 6.45) is 13.0. The van der Waals surface area contributed by atoms with Gasteiger partial charge >= 0.3 is 0 Å².